The van der Waals surface area contributed by atoms with E-state index in [-0.39, 0.29) is 0 Å². The maximum atomic E-state index is 10.3. The van der Waals surface area contributed by atoms with Crippen LogP contribution in [0, 0.1) is 11.3 Å². The second-order valence-electron chi connectivity index (χ2n) is 9.46. The Morgan fingerprint density at radius 3 is 2.50 bits per heavy atom. The molecule has 0 N–H and O–H groups in total. The monoisotopic (exact) mass is 397 g/mol. The average molecular weight is 398 g/mol. The number of benzene rings is 2. The third-order valence-corrected chi connectivity index (χ3v) is 7.80. The van der Waals surface area contributed by atoms with Gasteiger partial charge in [0.15, 0.2) is 0 Å². The molecular weight excluding hydrogens is 371 g/mol. The van der Waals surface area contributed by atoms with Gasteiger partial charge in [-0.1, -0.05) is 0 Å². The molecule has 4 heteroatoms. The normalized spacial score (nSPS) is 20.4. The quantitative estimate of drug-likeness (QED) is 0.507. The Hall–Kier alpha value is -2.80. The van der Waals surface area contributed by atoms with Crippen molar-refractivity contribution in [2.24, 2.45) is 0 Å². The van der Waals surface area contributed by atoms with Crippen LogP contribution in [0.5, 0.6) is 11.5 Å². The molecule has 0 amide bonds. The highest BCUT2D eigenvalue weighted by Gasteiger charge is 2.35. The van der Waals surface area contributed by atoms with E-state index in [9.17, 15) is 5.26 Å². The maximum Gasteiger partial charge on any atom is 0.210 e. The van der Waals surface area contributed by atoms with Gasteiger partial charge in [0.25, 0.3) is 0 Å². The molecule has 0 atom stereocenters. The van der Waals surface area contributed by atoms with Crippen LogP contribution in [-0.4, -0.2) is 26.2 Å². The van der Waals surface area contributed by atoms with Crippen molar-refractivity contribution >= 4 is 11.3 Å². The lowest BCUT2D eigenvalue weighted by molar-refractivity contribution is 0.431. The zero-order chi connectivity index (χ0) is 19.8. The topological polar surface area (TPSA) is 39.3 Å². The molecule has 0 aromatic heterocycles. The van der Waals surface area contributed by atoms with E-state index in [0.717, 1.165) is 79.7 Å². The molecule has 0 fully saturated rings. The van der Waals surface area contributed by atoms with Crippen molar-refractivity contribution in [3.63, 3.8) is 0 Å². The summed E-state index contributed by atoms with van der Waals surface area (Å²) in [6, 6.07) is 7.16. The average Bonchev–Trinajstić information content (AvgIpc) is 2.79. The second-order valence-corrected chi connectivity index (χ2v) is 9.46. The van der Waals surface area contributed by atoms with Gasteiger partial charge in [-0.25, -0.2) is 4.58 Å². The zero-order valence-electron chi connectivity index (χ0n) is 17.4. The molecular formula is C26H26N3O+. The molecule has 5 aliphatic rings. The van der Waals surface area contributed by atoms with Crippen molar-refractivity contribution in [3.05, 3.63) is 50.5 Å². The fourth-order valence-electron chi connectivity index (χ4n) is 6.63. The van der Waals surface area contributed by atoms with Gasteiger partial charge in [0.05, 0.1) is 11.1 Å². The van der Waals surface area contributed by atoms with E-state index >= 15 is 0 Å². The fourth-order valence-corrected chi connectivity index (χ4v) is 6.63. The molecule has 5 aliphatic heterocycles. The predicted molar refractivity (Wildman–Crippen MR) is 117 cm³/mol. The van der Waals surface area contributed by atoms with Gasteiger partial charge in [0.1, 0.15) is 30.7 Å². The Morgan fingerprint density at radius 2 is 1.63 bits per heavy atom. The lowest BCUT2D eigenvalue weighted by Crippen LogP contribution is -2.45. The highest BCUT2D eigenvalue weighted by molar-refractivity contribution is 5.87. The molecule has 7 rings (SSSR count). The van der Waals surface area contributed by atoms with Crippen molar-refractivity contribution < 1.29 is 4.74 Å². The van der Waals surface area contributed by atoms with Crippen molar-refractivity contribution in [2.45, 2.75) is 51.4 Å². The summed E-state index contributed by atoms with van der Waals surface area (Å²) in [5.74, 6) is 1.96. The van der Waals surface area contributed by atoms with Crippen molar-refractivity contribution in [3.8, 4) is 17.6 Å². The van der Waals surface area contributed by atoms with Gasteiger partial charge < -0.3 is 9.64 Å². The van der Waals surface area contributed by atoms with Crippen LogP contribution in [0.3, 0.4) is 0 Å². The van der Waals surface area contributed by atoms with E-state index in [2.05, 4.69) is 27.7 Å². The molecule has 0 aliphatic carbocycles. The van der Waals surface area contributed by atoms with Crippen LogP contribution in [0.2, 0.25) is 0 Å². The number of hydrogen-bond donors (Lipinski definition) is 0. The van der Waals surface area contributed by atoms with Crippen LogP contribution in [0.25, 0.3) is 5.57 Å². The molecule has 0 unspecified atom stereocenters. The van der Waals surface area contributed by atoms with E-state index in [4.69, 9.17) is 4.74 Å². The molecule has 0 saturated heterocycles. The highest BCUT2D eigenvalue weighted by Crippen LogP contribution is 2.47. The predicted octanol–water partition coefficient (Wildman–Crippen LogP) is 2.60. The molecule has 0 radical (unpaired) electrons. The summed E-state index contributed by atoms with van der Waals surface area (Å²) in [5, 5.41) is 12.7. The Morgan fingerprint density at radius 1 is 0.867 bits per heavy atom. The van der Waals surface area contributed by atoms with Gasteiger partial charge in [0.2, 0.25) is 5.36 Å². The first-order chi connectivity index (χ1) is 14.8. The van der Waals surface area contributed by atoms with Gasteiger partial charge in [-0.05, 0) is 56.2 Å². The van der Waals surface area contributed by atoms with E-state index in [1.807, 2.05) is 0 Å². The van der Waals surface area contributed by atoms with Crippen LogP contribution in [0.1, 0.15) is 53.5 Å². The molecule has 2 aromatic carbocycles. The van der Waals surface area contributed by atoms with Crippen LogP contribution < -0.4 is 24.8 Å². The third-order valence-electron chi connectivity index (χ3n) is 7.80. The maximum absolute atomic E-state index is 10.3. The minimum atomic E-state index is 0.828. The van der Waals surface area contributed by atoms with Crippen molar-refractivity contribution in [1.82, 2.24) is 4.58 Å². The number of ether oxygens (including phenoxy) is 1. The van der Waals surface area contributed by atoms with Crippen LogP contribution in [0.15, 0.2) is 12.1 Å². The number of anilines is 1. The smallest absolute Gasteiger partial charge is 0.210 e. The number of nitrogens with zero attached hydrogens (tertiary/aromatic N) is 3. The van der Waals surface area contributed by atoms with Gasteiger partial charge in [0, 0.05) is 53.5 Å². The molecule has 0 saturated carbocycles. The number of nitriles is 1. The second kappa shape index (κ2) is 6.11. The number of rotatable bonds is 0. The molecule has 0 bridgehead atoms. The van der Waals surface area contributed by atoms with Crippen LogP contribution >= 0.6 is 0 Å². The zero-order valence-corrected chi connectivity index (χ0v) is 17.4. The molecule has 4 nitrogen and oxygen atoms in total. The summed E-state index contributed by atoms with van der Waals surface area (Å²) in [6.45, 7) is 4.60. The van der Waals surface area contributed by atoms with Crippen LogP contribution in [0.4, 0.5) is 5.69 Å². The molecule has 150 valence electrons. The number of fused-ring (bicyclic) bond motifs is 4. The first kappa shape index (κ1) is 16.9. The van der Waals surface area contributed by atoms with Gasteiger partial charge in [-0.2, -0.15) is 5.26 Å². The van der Waals surface area contributed by atoms with Gasteiger partial charge in [-0.3, -0.25) is 0 Å². The summed E-state index contributed by atoms with van der Waals surface area (Å²) in [4.78, 5) is 2.56. The summed E-state index contributed by atoms with van der Waals surface area (Å²) in [7, 11) is 0. The van der Waals surface area contributed by atoms with E-state index in [1.54, 1.807) is 0 Å². The molecule has 30 heavy (non-hydrogen) atoms. The summed E-state index contributed by atoms with van der Waals surface area (Å²) >= 11 is 0. The third kappa shape index (κ3) is 2.13. The summed E-state index contributed by atoms with van der Waals surface area (Å²) < 4.78 is 9.38. The van der Waals surface area contributed by atoms with Gasteiger partial charge in [-0.15, -0.1) is 0 Å². The summed E-state index contributed by atoms with van der Waals surface area (Å²) in [6.07, 6.45) is 9.10. The fraction of sp³-hybridized carbons (Fsp3) is 0.462. The Balaban J connectivity index is 1.59. The number of hydrogen-bond acceptors (Lipinski definition) is 3. The first-order valence-electron chi connectivity index (χ1n) is 11.7. The minimum absolute atomic E-state index is 0.828. The van der Waals surface area contributed by atoms with E-state index in [0.29, 0.717) is 0 Å². The highest BCUT2D eigenvalue weighted by atomic mass is 16.5. The molecule has 5 heterocycles. The summed E-state index contributed by atoms with van der Waals surface area (Å²) in [5.41, 5.74) is 8.82. The Labute approximate surface area is 176 Å². The Bertz CT molecular complexity index is 1290. The van der Waals surface area contributed by atoms with Crippen LogP contribution in [-0.2, 0) is 25.7 Å². The van der Waals surface area contributed by atoms with E-state index < -0.39 is 0 Å². The lowest BCUT2D eigenvalue weighted by Gasteiger charge is -2.39. The van der Waals surface area contributed by atoms with Crippen molar-refractivity contribution in [2.75, 3.05) is 31.1 Å². The van der Waals surface area contributed by atoms with E-state index in [1.165, 1.54) is 59.0 Å². The lowest BCUT2D eigenvalue weighted by atomic mass is 9.86. The minimum Gasteiger partial charge on any atom is -0.455 e. The number of aryl methyl sites for hydroxylation is 2. The molecule has 0 spiro atoms. The molecule has 2 aromatic rings. The standard InChI is InChI=1S/C26H26N3O/c27-15-22-20-13-16-5-1-9-28-11-3-7-18(23(16)28)25(20)30-26-19-8-4-12-29-10-2-6-17(24(19)29)14-21(22)26/h13-14H,1-12H2/q+1/i15+1. The first-order valence-corrected chi connectivity index (χ1v) is 11.7. The largest absolute Gasteiger partial charge is 0.455 e. The van der Waals surface area contributed by atoms with Gasteiger partial charge >= 0.3 is 0 Å². The van der Waals surface area contributed by atoms with Crippen molar-refractivity contribution in [1.29, 1.82) is 5.26 Å². The Kier molecular flexibility index (Phi) is 3.45. The SMILES string of the molecule is N#[13C]C1=c2cc3c4c(c2Oc2c1cc1c5c2CCCN5CCC1)CCC[N+]=4CCC3.